The normalized spacial score (nSPS) is 13.6. The highest BCUT2D eigenvalue weighted by molar-refractivity contribution is 6.00. The Labute approximate surface area is 114 Å². The lowest BCUT2D eigenvalue weighted by atomic mass is 10.1. The van der Waals surface area contributed by atoms with Gasteiger partial charge in [-0.25, -0.2) is 0 Å². The molecule has 102 valence electrons. The molecule has 0 aromatic heterocycles. The van der Waals surface area contributed by atoms with E-state index in [1.54, 1.807) is 0 Å². The van der Waals surface area contributed by atoms with Crippen molar-refractivity contribution in [3.05, 3.63) is 35.4 Å². The second kappa shape index (κ2) is 5.87. The minimum Gasteiger partial charge on any atom is -0.352 e. The van der Waals surface area contributed by atoms with E-state index in [0.29, 0.717) is 18.8 Å². The second-order valence-electron chi connectivity index (χ2n) is 4.74. The van der Waals surface area contributed by atoms with Crippen LogP contribution in [0.3, 0.4) is 0 Å². The van der Waals surface area contributed by atoms with Crippen molar-refractivity contribution in [3.8, 4) is 0 Å². The lowest BCUT2D eigenvalue weighted by molar-refractivity contribution is -0.130. The zero-order chi connectivity index (χ0) is 13.8. The molecule has 1 amide bonds. The van der Waals surface area contributed by atoms with Gasteiger partial charge in [-0.15, -0.1) is 0 Å². The number of carbonyl (C=O) groups excluding carboxylic acids is 1. The molecule has 0 unspecified atom stereocenters. The number of nitrogens with zero attached hydrogens (tertiary/aromatic N) is 2. The Morgan fingerprint density at radius 1 is 1.32 bits per heavy atom. The van der Waals surface area contributed by atoms with Gasteiger partial charge in [0.25, 0.3) is 0 Å². The van der Waals surface area contributed by atoms with E-state index in [0.717, 1.165) is 25.2 Å². The third-order valence-electron chi connectivity index (χ3n) is 3.66. The van der Waals surface area contributed by atoms with Gasteiger partial charge in [-0.05, 0) is 19.4 Å². The highest BCUT2D eigenvalue weighted by atomic mass is 16.2. The molecule has 2 rings (SSSR count). The average molecular weight is 259 g/mol. The Kier molecular flexibility index (Phi) is 4.20. The molecule has 1 aromatic rings. The van der Waals surface area contributed by atoms with Crippen LogP contribution in [0.5, 0.6) is 0 Å². The van der Waals surface area contributed by atoms with Gasteiger partial charge in [0.1, 0.15) is 5.84 Å². The number of amides is 1. The van der Waals surface area contributed by atoms with Crippen LogP contribution in [0.25, 0.3) is 0 Å². The molecule has 0 saturated carbocycles. The van der Waals surface area contributed by atoms with Gasteiger partial charge in [0, 0.05) is 38.2 Å². The molecule has 0 spiro atoms. The third-order valence-corrected chi connectivity index (χ3v) is 3.66. The monoisotopic (exact) mass is 259 g/mol. The lowest BCUT2D eigenvalue weighted by Crippen LogP contribution is -2.34. The fraction of sp³-hybridized carbons (Fsp3) is 0.467. The Morgan fingerprint density at radius 2 is 2.00 bits per heavy atom. The zero-order valence-electron chi connectivity index (χ0n) is 11.6. The molecule has 4 nitrogen and oxygen atoms in total. The van der Waals surface area contributed by atoms with E-state index in [1.807, 2.05) is 41.8 Å². The van der Waals surface area contributed by atoms with Gasteiger partial charge in [-0.2, -0.15) is 0 Å². The van der Waals surface area contributed by atoms with Crippen molar-refractivity contribution in [2.75, 3.05) is 19.6 Å². The first-order valence-electron chi connectivity index (χ1n) is 6.86. The largest absolute Gasteiger partial charge is 0.352 e. The Balaban J connectivity index is 1.93. The maximum Gasteiger partial charge on any atom is 0.224 e. The fourth-order valence-corrected chi connectivity index (χ4v) is 2.50. The van der Waals surface area contributed by atoms with Crippen LogP contribution in [0, 0.1) is 5.41 Å². The topological polar surface area (TPSA) is 47.4 Å². The highest BCUT2D eigenvalue weighted by Crippen LogP contribution is 2.22. The molecule has 19 heavy (non-hydrogen) atoms. The van der Waals surface area contributed by atoms with Crippen LogP contribution in [0.2, 0.25) is 0 Å². The molecule has 0 fully saturated rings. The smallest absolute Gasteiger partial charge is 0.224 e. The fourth-order valence-electron chi connectivity index (χ4n) is 2.50. The number of amidine groups is 1. The Morgan fingerprint density at radius 3 is 2.63 bits per heavy atom. The predicted octanol–water partition coefficient (Wildman–Crippen LogP) is 2.09. The molecule has 1 N–H and O–H groups in total. The summed E-state index contributed by atoms with van der Waals surface area (Å²) in [5, 5.41) is 8.13. The van der Waals surface area contributed by atoms with Crippen molar-refractivity contribution >= 4 is 11.7 Å². The van der Waals surface area contributed by atoms with Crippen molar-refractivity contribution in [2.24, 2.45) is 0 Å². The minimum atomic E-state index is 0.175. The quantitative estimate of drug-likeness (QED) is 0.880. The first-order chi connectivity index (χ1) is 9.17. The molecule has 4 heteroatoms. The maximum atomic E-state index is 12.0. The van der Waals surface area contributed by atoms with Crippen molar-refractivity contribution in [2.45, 2.75) is 26.8 Å². The molecular weight excluding hydrogens is 238 g/mol. The summed E-state index contributed by atoms with van der Waals surface area (Å²) in [4.78, 5) is 15.8. The van der Waals surface area contributed by atoms with Crippen LogP contribution in [0.4, 0.5) is 0 Å². The van der Waals surface area contributed by atoms with Gasteiger partial charge in [-0.1, -0.05) is 24.3 Å². The number of hydrogen-bond acceptors (Lipinski definition) is 2. The number of fused-ring (bicyclic) bond motifs is 1. The standard InChI is InChI=1S/C15H21N3O/c1-3-17(4-2)14(19)9-10-18-11-12-7-5-6-8-13(12)15(18)16/h5-8,16H,3-4,9-11H2,1-2H3. The summed E-state index contributed by atoms with van der Waals surface area (Å²) in [6.45, 7) is 6.88. The molecular formula is C15H21N3O. The molecule has 0 bridgehead atoms. The summed E-state index contributed by atoms with van der Waals surface area (Å²) >= 11 is 0. The summed E-state index contributed by atoms with van der Waals surface area (Å²) in [5.74, 6) is 0.719. The molecule has 1 aliphatic heterocycles. The van der Waals surface area contributed by atoms with Crippen LogP contribution in [-0.2, 0) is 11.3 Å². The van der Waals surface area contributed by atoms with Crippen LogP contribution >= 0.6 is 0 Å². The second-order valence-corrected chi connectivity index (χ2v) is 4.74. The highest BCUT2D eigenvalue weighted by Gasteiger charge is 2.24. The molecule has 0 atom stereocenters. The van der Waals surface area contributed by atoms with Crippen molar-refractivity contribution < 1.29 is 4.79 Å². The SMILES string of the molecule is CCN(CC)C(=O)CCN1Cc2ccccc2C1=N. The number of hydrogen-bond donors (Lipinski definition) is 1. The van der Waals surface area contributed by atoms with Crippen LogP contribution in [-0.4, -0.2) is 41.2 Å². The van der Waals surface area contributed by atoms with E-state index < -0.39 is 0 Å². The van der Waals surface area contributed by atoms with Crippen LogP contribution in [0.1, 0.15) is 31.4 Å². The van der Waals surface area contributed by atoms with Crippen molar-refractivity contribution in [1.29, 1.82) is 5.41 Å². The van der Waals surface area contributed by atoms with Gasteiger partial charge in [0.15, 0.2) is 0 Å². The van der Waals surface area contributed by atoms with E-state index in [1.165, 1.54) is 5.56 Å². The summed E-state index contributed by atoms with van der Waals surface area (Å²) in [5.41, 5.74) is 2.18. The van der Waals surface area contributed by atoms with Crippen molar-refractivity contribution in [3.63, 3.8) is 0 Å². The van der Waals surface area contributed by atoms with Crippen LogP contribution in [0.15, 0.2) is 24.3 Å². The summed E-state index contributed by atoms with van der Waals surface area (Å²) < 4.78 is 0. The molecule has 0 saturated heterocycles. The van der Waals surface area contributed by atoms with Crippen LogP contribution < -0.4 is 0 Å². The average Bonchev–Trinajstić information content (AvgIpc) is 2.75. The Bertz CT molecular complexity index is 480. The van der Waals surface area contributed by atoms with E-state index >= 15 is 0 Å². The summed E-state index contributed by atoms with van der Waals surface area (Å²) in [6.07, 6.45) is 0.484. The van der Waals surface area contributed by atoms with E-state index in [4.69, 9.17) is 5.41 Å². The number of nitrogens with one attached hydrogen (secondary N) is 1. The zero-order valence-corrected chi connectivity index (χ0v) is 11.6. The van der Waals surface area contributed by atoms with Crippen molar-refractivity contribution in [1.82, 2.24) is 9.80 Å². The van der Waals surface area contributed by atoms with Gasteiger partial charge in [-0.3, -0.25) is 10.2 Å². The Hall–Kier alpha value is -1.84. The summed E-state index contributed by atoms with van der Waals surface area (Å²) in [7, 11) is 0. The predicted molar refractivity (Wildman–Crippen MR) is 76.2 cm³/mol. The first-order valence-corrected chi connectivity index (χ1v) is 6.86. The van der Waals surface area contributed by atoms with Gasteiger partial charge in [0.2, 0.25) is 5.91 Å². The first kappa shape index (κ1) is 13.6. The molecule has 1 heterocycles. The van der Waals surface area contributed by atoms with E-state index in [-0.39, 0.29) is 5.91 Å². The molecule has 1 aliphatic rings. The molecule has 1 aromatic carbocycles. The third kappa shape index (κ3) is 2.78. The number of carbonyl (C=O) groups is 1. The van der Waals surface area contributed by atoms with E-state index in [2.05, 4.69) is 6.07 Å². The van der Waals surface area contributed by atoms with Gasteiger partial charge >= 0.3 is 0 Å². The maximum absolute atomic E-state index is 12.0. The lowest BCUT2D eigenvalue weighted by Gasteiger charge is -2.22. The molecule has 0 radical (unpaired) electrons. The molecule has 0 aliphatic carbocycles. The number of rotatable bonds is 5. The number of benzene rings is 1. The van der Waals surface area contributed by atoms with Gasteiger partial charge < -0.3 is 9.80 Å². The summed E-state index contributed by atoms with van der Waals surface area (Å²) in [6, 6.07) is 7.98. The van der Waals surface area contributed by atoms with E-state index in [9.17, 15) is 4.79 Å². The minimum absolute atomic E-state index is 0.175. The van der Waals surface area contributed by atoms with Gasteiger partial charge in [0.05, 0.1) is 0 Å².